The van der Waals surface area contributed by atoms with Crippen molar-refractivity contribution in [1.29, 1.82) is 5.26 Å². The Kier molecular flexibility index (Phi) is 6.70. The lowest BCUT2D eigenvalue weighted by atomic mass is 10.2. The van der Waals surface area contributed by atoms with Gasteiger partial charge in [0.2, 0.25) is 10.0 Å². The normalized spacial score (nSPS) is 14.9. The lowest BCUT2D eigenvalue weighted by Crippen LogP contribution is -2.40. The average molecular weight is 506 g/mol. The lowest BCUT2D eigenvalue weighted by molar-refractivity contribution is -0.136. The van der Waals surface area contributed by atoms with Gasteiger partial charge in [-0.2, -0.15) is 9.57 Å². The maximum atomic E-state index is 13.0. The number of hydrogen-bond acceptors (Lipinski definition) is 6. The largest absolute Gasteiger partial charge is 0.481 e. The van der Waals surface area contributed by atoms with E-state index in [-0.39, 0.29) is 29.4 Å². The molecule has 8 nitrogen and oxygen atoms in total. The molecular weight excluding hydrogens is 486 g/mol. The standard InChI is InChI=1S/C22H20ClN3O5S2/c1-14-18(12-21(27)28)26-5-4-15(13-24)10-19(26)22(14)32-16-2-3-20(17(23)11-16)33(29,30)25-6-8-31-9-7-25/h2-5,10-11H,6-9,12H2,1H3,(H,27,28). The summed E-state index contributed by atoms with van der Waals surface area (Å²) in [6.45, 7) is 3.07. The van der Waals surface area contributed by atoms with Crippen molar-refractivity contribution in [3.05, 3.63) is 58.4 Å². The topological polar surface area (TPSA) is 112 Å². The van der Waals surface area contributed by atoms with Gasteiger partial charge < -0.3 is 14.2 Å². The zero-order valence-corrected chi connectivity index (χ0v) is 20.0. The number of nitriles is 1. The molecule has 0 unspecified atom stereocenters. The van der Waals surface area contributed by atoms with Crippen molar-refractivity contribution in [2.24, 2.45) is 0 Å². The molecule has 11 heteroatoms. The van der Waals surface area contributed by atoms with Crippen LogP contribution in [0.25, 0.3) is 5.52 Å². The van der Waals surface area contributed by atoms with Crippen molar-refractivity contribution in [2.75, 3.05) is 26.3 Å². The zero-order valence-electron chi connectivity index (χ0n) is 17.6. The maximum absolute atomic E-state index is 13.0. The van der Waals surface area contributed by atoms with Gasteiger partial charge in [0.1, 0.15) is 4.90 Å². The summed E-state index contributed by atoms with van der Waals surface area (Å²) >= 11 is 7.75. The number of benzene rings is 1. The van der Waals surface area contributed by atoms with Gasteiger partial charge in [0.05, 0.1) is 41.8 Å². The van der Waals surface area contributed by atoms with E-state index in [1.54, 1.807) is 34.9 Å². The number of hydrogen-bond donors (Lipinski definition) is 1. The molecule has 1 saturated heterocycles. The Bertz CT molecular complexity index is 1390. The summed E-state index contributed by atoms with van der Waals surface area (Å²) in [5.41, 5.74) is 2.54. The molecule has 1 aliphatic rings. The highest BCUT2D eigenvalue weighted by molar-refractivity contribution is 7.99. The molecule has 2 aromatic heterocycles. The Morgan fingerprint density at radius 3 is 2.64 bits per heavy atom. The minimum Gasteiger partial charge on any atom is -0.481 e. The molecule has 0 aliphatic carbocycles. The first-order valence-electron chi connectivity index (χ1n) is 10.0. The number of aliphatic carboxylic acids is 1. The number of halogens is 1. The summed E-state index contributed by atoms with van der Waals surface area (Å²) in [5, 5.41) is 18.8. The van der Waals surface area contributed by atoms with Gasteiger partial charge in [-0.1, -0.05) is 23.4 Å². The van der Waals surface area contributed by atoms with E-state index in [1.807, 2.05) is 6.92 Å². The predicted molar refractivity (Wildman–Crippen MR) is 123 cm³/mol. The van der Waals surface area contributed by atoms with Gasteiger partial charge in [-0.15, -0.1) is 0 Å². The van der Waals surface area contributed by atoms with Gasteiger partial charge in [0.15, 0.2) is 0 Å². The smallest absolute Gasteiger partial charge is 0.309 e. The lowest BCUT2D eigenvalue weighted by Gasteiger charge is -2.26. The second-order valence-corrected chi connectivity index (χ2v) is 10.9. The van der Waals surface area contributed by atoms with Crippen molar-refractivity contribution >= 4 is 44.9 Å². The molecule has 3 aromatic rings. The van der Waals surface area contributed by atoms with Crippen LogP contribution in [-0.4, -0.2) is 54.5 Å². The molecule has 0 atom stereocenters. The Morgan fingerprint density at radius 2 is 2.00 bits per heavy atom. The first-order valence-corrected chi connectivity index (χ1v) is 12.7. The number of rotatable bonds is 6. The van der Waals surface area contributed by atoms with Crippen molar-refractivity contribution in [3.8, 4) is 6.07 Å². The summed E-state index contributed by atoms with van der Waals surface area (Å²) < 4.78 is 34.3. The molecule has 1 fully saturated rings. The Morgan fingerprint density at radius 1 is 1.27 bits per heavy atom. The monoisotopic (exact) mass is 505 g/mol. The van der Waals surface area contributed by atoms with Crippen LogP contribution in [-0.2, 0) is 26.0 Å². The molecule has 0 amide bonds. The SMILES string of the molecule is Cc1c(Sc2ccc(S(=O)(=O)N3CCOCC3)c(Cl)c2)c2cc(C#N)ccn2c1CC(=O)O. The second kappa shape index (κ2) is 9.37. The average Bonchev–Trinajstić information content (AvgIpc) is 3.04. The van der Waals surface area contributed by atoms with Crippen molar-refractivity contribution in [3.63, 3.8) is 0 Å². The molecular formula is C22H20ClN3O5S2. The van der Waals surface area contributed by atoms with Crippen LogP contribution in [0.15, 0.2) is 51.2 Å². The van der Waals surface area contributed by atoms with Crippen LogP contribution in [0.3, 0.4) is 0 Å². The fourth-order valence-corrected chi connectivity index (χ4v) is 6.84. The van der Waals surface area contributed by atoms with E-state index in [0.29, 0.717) is 34.9 Å². The van der Waals surface area contributed by atoms with E-state index in [4.69, 9.17) is 16.3 Å². The molecule has 1 N–H and O–H groups in total. The number of fused-ring (bicyclic) bond motifs is 1. The van der Waals surface area contributed by atoms with Crippen molar-refractivity contribution in [1.82, 2.24) is 8.71 Å². The Hall–Kier alpha value is -2.55. The number of morpholine rings is 1. The zero-order chi connectivity index (χ0) is 23.8. The summed E-state index contributed by atoms with van der Waals surface area (Å²) in [7, 11) is -3.74. The quantitative estimate of drug-likeness (QED) is 0.545. The third-order valence-corrected chi connectivity index (χ3v) is 9.00. The van der Waals surface area contributed by atoms with Crippen LogP contribution in [0, 0.1) is 18.3 Å². The predicted octanol–water partition coefficient (Wildman–Crippen LogP) is 3.57. The Labute approximate surface area is 200 Å². The molecule has 3 heterocycles. The van der Waals surface area contributed by atoms with Crippen molar-refractivity contribution < 1.29 is 23.1 Å². The fourth-order valence-electron chi connectivity index (χ4n) is 3.77. The molecule has 1 aromatic carbocycles. The van der Waals surface area contributed by atoms with Crippen LogP contribution >= 0.6 is 23.4 Å². The van der Waals surface area contributed by atoms with E-state index < -0.39 is 16.0 Å². The van der Waals surface area contributed by atoms with Gasteiger partial charge in [0.25, 0.3) is 0 Å². The number of sulfonamides is 1. The van der Waals surface area contributed by atoms with E-state index in [1.165, 1.54) is 22.1 Å². The van der Waals surface area contributed by atoms with Crippen molar-refractivity contribution in [2.45, 2.75) is 28.0 Å². The molecule has 1 aliphatic heterocycles. The number of carboxylic acids is 1. The highest BCUT2D eigenvalue weighted by atomic mass is 35.5. The summed E-state index contributed by atoms with van der Waals surface area (Å²) in [5.74, 6) is -0.959. The first kappa shape index (κ1) is 23.6. The van der Waals surface area contributed by atoms with E-state index >= 15 is 0 Å². The van der Waals surface area contributed by atoms with Gasteiger partial charge >= 0.3 is 5.97 Å². The first-order chi connectivity index (χ1) is 15.7. The second-order valence-electron chi connectivity index (χ2n) is 7.46. The van der Waals surface area contributed by atoms with Crippen LogP contribution in [0.5, 0.6) is 0 Å². The maximum Gasteiger partial charge on any atom is 0.309 e. The van der Waals surface area contributed by atoms with Gasteiger partial charge in [0, 0.05) is 34.8 Å². The molecule has 172 valence electrons. The highest BCUT2D eigenvalue weighted by Gasteiger charge is 2.28. The highest BCUT2D eigenvalue weighted by Crippen LogP contribution is 2.39. The van der Waals surface area contributed by atoms with Gasteiger partial charge in [-0.3, -0.25) is 4.79 Å². The molecule has 0 saturated carbocycles. The third kappa shape index (κ3) is 4.60. The summed E-state index contributed by atoms with van der Waals surface area (Å²) in [4.78, 5) is 12.9. The molecule has 0 radical (unpaired) electrons. The third-order valence-electron chi connectivity index (χ3n) is 5.41. The minimum atomic E-state index is -3.74. The summed E-state index contributed by atoms with van der Waals surface area (Å²) in [6, 6.07) is 10.2. The minimum absolute atomic E-state index is 0.0345. The molecule has 33 heavy (non-hydrogen) atoms. The number of aromatic nitrogens is 1. The number of nitrogens with zero attached hydrogens (tertiary/aromatic N) is 3. The van der Waals surface area contributed by atoms with E-state index in [2.05, 4.69) is 6.07 Å². The number of carbonyl (C=O) groups is 1. The number of ether oxygens (including phenoxy) is 1. The number of carboxylic acid groups (broad SMARTS) is 1. The van der Waals surface area contributed by atoms with Crippen LogP contribution in [0.4, 0.5) is 0 Å². The molecule has 0 spiro atoms. The van der Waals surface area contributed by atoms with E-state index in [0.717, 1.165) is 10.5 Å². The summed E-state index contributed by atoms with van der Waals surface area (Å²) in [6.07, 6.45) is 1.52. The van der Waals surface area contributed by atoms with Gasteiger partial charge in [-0.05, 0) is 42.8 Å². The Balaban J connectivity index is 1.73. The number of pyridine rings is 1. The van der Waals surface area contributed by atoms with Crippen LogP contribution in [0.2, 0.25) is 5.02 Å². The van der Waals surface area contributed by atoms with Gasteiger partial charge in [-0.25, -0.2) is 8.42 Å². The molecule has 4 rings (SSSR count). The van der Waals surface area contributed by atoms with Crippen LogP contribution in [0.1, 0.15) is 16.8 Å². The molecule has 0 bridgehead atoms. The fraction of sp³-hybridized carbons (Fsp3) is 0.273. The van der Waals surface area contributed by atoms with E-state index in [9.17, 15) is 23.6 Å². The van der Waals surface area contributed by atoms with Crippen LogP contribution < -0.4 is 0 Å².